The lowest BCUT2D eigenvalue weighted by molar-refractivity contribution is -0.133. The van der Waals surface area contributed by atoms with E-state index in [-0.39, 0.29) is 43.1 Å². The van der Waals surface area contributed by atoms with Crippen LogP contribution < -0.4 is 0 Å². The van der Waals surface area contributed by atoms with Crippen LogP contribution in [0.5, 0.6) is 0 Å². The Morgan fingerprint density at radius 3 is 1.49 bits per heavy atom. The van der Waals surface area contributed by atoms with E-state index in [0.29, 0.717) is 30.2 Å². The lowest BCUT2D eigenvalue weighted by atomic mass is 9.91. The number of carbonyl (C=O) groups is 3. The number of carboxylic acids is 2. The average molecular weight is 940 g/mol. The summed E-state index contributed by atoms with van der Waals surface area (Å²) in [6.07, 6.45) is 5.95. The number of hydrogen-bond acceptors (Lipinski definition) is 7. The summed E-state index contributed by atoms with van der Waals surface area (Å²) in [5.41, 5.74) is 3.32. The van der Waals surface area contributed by atoms with E-state index in [9.17, 15) is 18.6 Å². The normalized spacial score (nSPS) is 20.8. The highest BCUT2D eigenvalue weighted by molar-refractivity contribution is 15.0. The van der Waals surface area contributed by atoms with E-state index in [4.69, 9.17) is 10.2 Å². The van der Waals surface area contributed by atoms with E-state index < -0.39 is 21.5 Å². The molecule has 3 rings (SSSR count). The third-order valence-electron chi connectivity index (χ3n) is 6.91. The molecule has 13 heteroatoms. The molecular formula is C28H52I3N3O6S. The number of likely N-dealkylation sites (tertiary alicyclic amines) is 1. The molecule has 1 unspecified atom stereocenters. The largest absolute Gasteiger partial charge is 0.478 e. The van der Waals surface area contributed by atoms with Crippen molar-refractivity contribution >= 4 is 93.8 Å². The number of carbonyl (C=O) groups excluding carboxylic acids is 1. The van der Waals surface area contributed by atoms with Crippen molar-refractivity contribution in [1.82, 2.24) is 14.7 Å². The van der Waals surface area contributed by atoms with Crippen molar-refractivity contribution in [3.63, 3.8) is 0 Å². The summed E-state index contributed by atoms with van der Waals surface area (Å²) in [4.78, 5) is 39.4. The highest BCUT2D eigenvalue weighted by Crippen LogP contribution is 2.25. The lowest BCUT2D eigenvalue weighted by Gasteiger charge is -2.13. The second-order valence-corrected chi connectivity index (χ2v) is 13.5. The van der Waals surface area contributed by atoms with Gasteiger partial charge in [-0.3, -0.25) is 18.8 Å². The van der Waals surface area contributed by atoms with Gasteiger partial charge in [0.05, 0.1) is 11.1 Å². The quantitative estimate of drug-likeness (QED) is 0.270. The molecule has 0 aromatic heterocycles. The molecule has 1 fully saturated rings. The maximum atomic E-state index is 11.9. The van der Waals surface area contributed by atoms with Gasteiger partial charge < -0.3 is 15.1 Å². The minimum absolute atomic E-state index is 0. The Bertz CT molecular complexity index is 987. The third kappa shape index (κ3) is 16.7. The molecule has 0 radical (unpaired) electrons. The topological polar surface area (TPSA) is 118 Å². The number of carboxylic acid groups (broad SMARTS) is 2. The molecule has 0 spiro atoms. The average Bonchev–Trinajstić information content (AvgIpc) is 3.55. The zero-order valence-corrected chi connectivity index (χ0v) is 32.5. The summed E-state index contributed by atoms with van der Waals surface area (Å²) in [5.74, 6) is -0.958. The number of nitrogens with zero attached hydrogens (tertiary/aromatic N) is 3. The fourth-order valence-electron chi connectivity index (χ4n) is 5.00. The zero-order chi connectivity index (χ0) is 30.5. The molecule has 2 N–H and O–H groups in total. The number of likely N-dealkylation sites (N-methyl/N-ethyl adjacent to an activating group) is 2. The second-order valence-electron chi connectivity index (χ2n) is 10.7. The Hall–Kier alpha value is 0.180. The van der Waals surface area contributed by atoms with Crippen LogP contribution in [0.1, 0.15) is 47.5 Å². The Labute approximate surface area is 289 Å². The lowest BCUT2D eigenvalue weighted by Crippen LogP contribution is -2.25. The molecule has 3 aliphatic heterocycles. The van der Waals surface area contributed by atoms with Crippen molar-refractivity contribution in [2.45, 2.75) is 47.5 Å². The summed E-state index contributed by atoms with van der Waals surface area (Å²) < 4.78 is 11.5. The summed E-state index contributed by atoms with van der Waals surface area (Å²) >= 11 is 4.24. The number of halogens is 3. The number of ketones is 1. The molecule has 0 aromatic rings. The highest BCUT2D eigenvalue weighted by atomic mass is 128. The molecule has 2 atom stereocenters. The Kier molecular flexibility index (Phi) is 25.2. The van der Waals surface area contributed by atoms with Crippen LogP contribution >= 0.6 is 61.2 Å². The van der Waals surface area contributed by atoms with Gasteiger partial charge in [0.25, 0.3) is 0 Å². The van der Waals surface area contributed by atoms with Gasteiger partial charge in [-0.2, -0.15) is 0 Å². The first-order valence-electron chi connectivity index (χ1n) is 13.0. The highest BCUT2D eigenvalue weighted by Gasteiger charge is 2.33. The van der Waals surface area contributed by atoms with Gasteiger partial charge in [-0.1, -0.05) is 34.6 Å². The fourth-order valence-corrected chi connectivity index (χ4v) is 5.73. The molecule has 0 aliphatic carbocycles. The number of hydrogen-bond donors (Lipinski definition) is 2. The molecule has 0 amide bonds. The molecule has 3 aliphatic rings. The van der Waals surface area contributed by atoms with Gasteiger partial charge in [-0.15, -0.1) is 24.0 Å². The molecule has 0 bridgehead atoms. The molecule has 1 saturated heterocycles. The summed E-state index contributed by atoms with van der Waals surface area (Å²) in [5, 5.41) is 18.9. The molecule has 41 heavy (non-hydrogen) atoms. The minimum Gasteiger partial charge on any atom is -0.478 e. The molecule has 0 aromatic carbocycles. The fraction of sp³-hybridized carbons (Fsp3) is 0.714. The predicted molar refractivity (Wildman–Crippen MR) is 201 cm³/mol. The molecular weight excluding hydrogens is 887 g/mol. The van der Waals surface area contributed by atoms with E-state index >= 15 is 0 Å². The number of aliphatic carboxylic acids is 2. The number of Topliss-reactive ketones (excluding diaryl/α,β-unsaturated/α-hetero) is 1. The van der Waals surface area contributed by atoms with Crippen molar-refractivity contribution in [2.75, 3.05) is 72.9 Å². The third-order valence-corrected chi connectivity index (χ3v) is 7.71. The maximum absolute atomic E-state index is 11.9. The summed E-state index contributed by atoms with van der Waals surface area (Å²) in [6, 6.07) is 0. The SMILES string of the molecule is C.CCC1=C(C(=O)O)CN(C)C1.CCC1=C(C(=O)O)CN(C)C1.CC[C@@H]1CN(C)CC1C(=O)C=S(C)(C)=O.I.II. The Balaban J connectivity index is -0.000000508. The molecule has 9 nitrogen and oxygen atoms in total. The molecule has 3 heterocycles. The standard InChI is InChI=1S/C11H21NO2S.2C8H13NO2.CH4.I2.HI/c1-5-9-6-12(2)7-10(9)11(13)8-15(3,4)14;2*1-3-6-4-9(2)5-7(6)8(10)11;;1-2;/h8-10H,5-7H2,1-4H3;2*3-5H2,1-2H3,(H,10,11);1H4;;1H/t9-,10?;;;;;/m1...../s1. The van der Waals surface area contributed by atoms with Crippen LogP contribution in [0.3, 0.4) is 0 Å². The number of rotatable bonds is 7. The van der Waals surface area contributed by atoms with Crippen molar-refractivity contribution in [2.24, 2.45) is 11.8 Å². The van der Waals surface area contributed by atoms with Crippen LogP contribution in [0.4, 0.5) is 0 Å². The first-order chi connectivity index (χ1) is 18.1. The predicted octanol–water partition coefficient (Wildman–Crippen LogP) is 4.96. The first-order valence-corrected chi connectivity index (χ1v) is 21.8. The van der Waals surface area contributed by atoms with Crippen molar-refractivity contribution < 1.29 is 28.8 Å². The monoisotopic (exact) mass is 939 g/mol. The molecule has 242 valence electrons. The van der Waals surface area contributed by atoms with Gasteiger partial charge >= 0.3 is 11.9 Å². The Morgan fingerprint density at radius 2 is 1.22 bits per heavy atom. The van der Waals surface area contributed by atoms with Gasteiger partial charge in [-0.25, -0.2) is 9.59 Å². The van der Waals surface area contributed by atoms with Crippen molar-refractivity contribution in [3.05, 3.63) is 22.3 Å². The van der Waals surface area contributed by atoms with E-state index in [2.05, 4.69) is 49.1 Å². The van der Waals surface area contributed by atoms with E-state index in [0.717, 1.165) is 56.6 Å². The smallest absolute Gasteiger partial charge is 0.332 e. The van der Waals surface area contributed by atoms with E-state index in [1.54, 1.807) is 12.5 Å². The van der Waals surface area contributed by atoms with Gasteiger partial charge in [0.1, 0.15) is 0 Å². The second kappa shape index (κ2) is 22.7. The van der Waals surface area contributed by atoms with Crippen LogP contribution in [0.15, 0.2) is 22.3 Å². The maximum Gasteiger partial charge on any atom is 0.332 e. The summed E-state index contributed by atoms with van der Waals surface area (Å²) in [6.45, 7) is 10.7. The van der Waals surface area contributed by atoms with Crippen LogP contribution in [0.2, 0.25) is 0 Å². The van der Waals surface area contributed by atoms with Gasteiger partial charge in [0.15, 0.2) is 5.78 Å². The van der Waals surface area contributed by atoms with Crippen LogP contribution in [-0.2, 0) is 23.9 Å². The molecule has 0 saturated carbocycles. The van der Waals surface area contributed by atoms with Gasteiger partial charge in [-0.05, 0) is 60.6 Å². The van der Waals surface area contributed by atoms with Crippen molar-refractivity contribution in [1.29, 1.82) is 0 Å². The van der Waals surface area contributed by atoms with Crippen LogP contribution in [0, 0.1) is 11.8 Å². The summed E-state index contributed by atoms with van der Waals surface area (Å²) in [7, 11) is 3.85. The minimum atomic E-state index is -2.05. The Morgan fingerprint density at radius 1 is 0.829 bits per heavy atom. The van der Waals surface area contributed by atoms with Gasteiger partial charge in [0.2, 0.25) is 0 Å². The van der Waals surface area contributed by atoms with Gasteiger partial charge in [0, 0.05) is 100 Å². The van der Waals surface area contributed by atoms with E-state index in [1.807, 2.05) is 44.8 Å². The van der Waals surface area contributed by atoms with Crippen molar-refractivity contribution in [3.8, 4) is 0 Å². The zero-order valence-electron chi connectivity index (χ0n) is 25.0. The first kappa shape index (κ1) is 45.6. The van der Waals surface area contributed by atoms with Crippen LogP contribution in [-0.4, -0.2) is 125 Å². The van der Waals surface area contributed by atoms with Crippen LogP contribution in [0.25, 0.3) is 0 Å². The van der Waals surface area contributed by atoms with E-state index in [1.165, 1.54) is 5.37 Å².